The Hall–Kier alpha value is -1.83. The SMILES string of the molecule is CSc1nnc(SCC(=O)Nc2ccccc2-c2ccccc2)s1. The molecule has 1 amide bonds. The first-order valence-corrected chi connectivity index (χ1v) is 10.2. The van der Waals surface area contributed by atoms with E-state index in [0.29, 0.717) is 5.75 Å². The van der Waals surface area contributed by atoms with Gasteiger partial charge in [-0.2, -0.15) is 0 Å². The van der Waals surface area contributed by atoms with Crippen molar-refractivity contribution < 1.29 is 4.79 Å². The number of nitrogens with zero attached hydrogens (tertiary/aromatic N) is 2. The molecule has 0 saturated heterocycles. The molecule has 1 aromatic heterocycles. The molecule has 24 heavy (non-hydrogen) atoms. The van der Waals surface area contributed by atoms with Gasteiger partial charge in [-0.15, -0.1) is 10.2 Å². The van der Waals surface area contributed by atoms with Gasteiger partial charge in [0, 0.05) is 11.3 Å². The van der Waals surface area contributed by atoms with Crippen LogP contribution in [-0.4, -0.2) is 28.1 Å². The Morgan fingerprint density at radius 3 is 2.50 bits per heavy atom. The van der Waals surface area contributed by atoms with Gasteiger partial charge in [-0.25, -0.2) is 0 Å². The summed E-state index contributed by atoms with van der Waals surface area (Å²) in [5.41, 5.74) is 2.91. The van der Waals surface area contributed by atoms with E-state index in [4.69, 9.17) is 0 Å². The number of carbonyl (C=O) groups excluding carboxylic acids is 1. The van der Waals surface area contributed by atoms with Crippen LogP contribution in [-0.2, 0) is 4.79 Å². The summed E-state index contributed by atoms with van der Waals surface area (Å²) in [6.07, 6.45) is 1.96. The van der Waals surface area contributed by atoms with Crippen molar-refractivity contribution in [3.05, 3.63) is 54.6 Å². The lowest BCUT2D eigenvalue weighted by Gasteiger charge is -2.10. The molecule has 122 valence electrons. The molecule has 7 heteroatoms. The second kappa shape index (κ2) is 8.32. The van der Waals surface area contributed by atoms with Crippen molar-refractivity contribution in [2.75, 3.05) is 17.3 Å². The molecule has 0 aliphatic carbocycles. The van der Waals surface area contributed by atoms with Gasteiger partial charge in [0.15, 0.2) is 8.68 Å². The monoisotopic (exact) mass is 373 g/mol. The first-order chi connectivity index (χ1) is 11.8. The predicted molar refractivity (Wildman–Crippen MR) is 103 cm³/mol. The standard InChI is InChI=1S/C17H15N3OS3/c1-22-16-19-20-17(24-16)23-11-15(21)18-14-10-6-5-9-13(14)12-7-3-2-4-8-12/h2-10H,11H2,1H3,(H,18,21). The number of thioether (sulfide) groups is 2. The zero-order valence-corrected chi connectivity index (χ0v) is 15.4. The number of aromatic nitrogens is 2. The van der Waals surface area contributed by atoms with Gasteiger partial charge in [-0.3, -0.25) is 4.79 Å². The summed E-state index contributed by atoms with van der Waals surface area (Å²) in [5.74, 6) is 0.260. The second-order valence-electron chi connectivity index (χ2n) is 4.79. The normalized spacial score (nSPS) is 10.5. The van der Waals surface area contributed by atoms with E-state index in [-0.39, 0.29) is 5.91 Å². The molecule has 0 saturated carbocycles. The first kappa shape index (κ1) is 17.0. The molecule has 4 nitrogen and oxygen atoms in total. The third-order valence-electron chi connectivity index (χ3n) is 3.18. The van der Waals surface area contributed by atoms with E-state index in [1.807, 2.05) is 60.9 Å². The molecule has 0 spiro atoms. The molecule has 0 atom stereocenters. The van der Waals surface area contributed by atoms with Gasteiger partial charge in [-0.05, 0) is 17.9 Å². The highest BCUT2D eigenvalue weighted by atomic mass is 32.2. The van der Waals surface area contributed by atoms with Crippen LogP contribution in [0.3, 0.4) is 0 Å². The Morgan fingerprint density at radius 2 is 1.75 bits per heavy atom. The van der Waals surface area contributed by atoms with E-state index in [1.165, 1.54) is 23.1 Å². The fraction of sp³-hybridized carbons (Fsp3) is 0.118. The summed E-state index contributed by atoms with van der Waals surface area (Å²) in [6, 6.07) is 17.8. The van der Waals surface area contributed by atoms with Gasteiger partial charge < -0.3 is 5.32 Å². The number of hydrogen-bond acceptors (Lipinski definition) is 6. The number of hydrogen-bond donors (Lipinski definition) is 1. The molecule has 0 bridgehead atoms. The minimum absolute atomic E-state index is 0.0516. The average molecular weight is 374 g/mol. The summed E-state index contributed by atoms with van der Waals surface area (Å²) in [5, 5.41) is 11.1. The second-order valence-corrected chi connectivity index (χ2v) is 8.04. The van der Waals surface area contributed by atoms with Crippen molar-refractivity contribution in [1.29, 1.82) is 0 Å². The molecular formula is C17H15N3OS3. The van der Waals surface area contributed by atoms with Crippen molar-refractivity contribution in [3.8, 4) is 11.1 Å². The minimum Gasteiger partial charge on any atom is -0.325 e. The van der Waals surface area contributed by atoms with Gasteiger partial charge in [0.1, 0.15) is 0 Å². The lowest BCUT2D eigenvalue weighted by molar-refractivity contribution is -0.113. The highest BCUT2D eigenvalue weighted by molar-refractivity contribution is 8.03. The van der Waals surface area contributed by atoms with Crippen LogP contribution < -0.4 is 5.32 Å². The predicted octanol–water partition coefficient (Wildman–Crippen LogP) is 4.66. The van der Waals surface area contributed by atoms with Gasteiger partial charge in [0.25, 0.3) is 0 Å². The maximum atomic E-state index is 12.3. The summed E-state index contributed by atoms with van der Waals surface area (Å²) in [6.45, 7) is 0. The van der Waals surface area contributed by atoms with E-state index in [9.17, 15) is 4.79 Å². The molecule has 0 radical (unpaired) electrons. The summed E-state index contributed by atoms with van der Waals surface area (Å²) in [4.78, 5) is 12.3. The maximum absolute atomic E-state index is 12.3. The summed E-state index contributed by atoms with van der Waals surface area (Å²) < 4.78 is 1.72. The Balaban J connectivity index is 1.66. The third kappa shape index (κ3) is 4.37. The van der Waals surface area contributed by atoms with E-state index in [2.05, 4.69) is 15.5 Å². The summed E-state index contributed by atoms with van der Waals surface area (Å²) in [7, 11) is 0. The van der Waals surface area contributed by atoms with Gasteiger partial charge >= 0.3 is 0 Å². The van der Waals surface area contributed by atoms with Gasteiger partial charge in [-0.1, -0.05) is 83.4 Å². The highest BCUT2D eigenvalue weighted by Gasteiger charge is 2.10. The molecule has 0 aliphatic rings. The topological polar surface area (TPSA) is 54.9 Å². The molecule has 1 heterocycles. The number of carbonyl (C=O) groups is 1. The number of para-hydroxylation sites is 1. The molecule has 0 fully saturated rings. The average Bonchev–Trinajstić information content (AvgIpc) is 3.09. The number of anilines is 1. The van der Waals surface area contributed by atoms with E-state index < -0.39 is 0 Å². The van der Waals surface area contributed by atoms with Crippen molar-refractivity contribution in [2.24, 2.45) is 0 Å². The minimum atomic E-state index is -0.0516. The zero-order valence-electron chi connectivity index (χ0n) is 12.9. The number of rotatable bonds is 6. The molecular weight excluding hydrogens is 358 g/mol. The number of benzene rings is 2. The quantitative estimate of drug-likeness (QED) is 0.637. The number of nitrogens with one attached hydrogen (secondary N) is 1. The van der Waals surface area contributed by atoms with Crippen molar-refractivity contribution in [3.63, 3.8) is 0 Å². The van der Waals surface area contributed by atoms with E-state index in [1.54, 1.807) is 11.8 Å². The van der Waals surface area contributed by atoms with Crippen LogP contribution in [0.1, 0.15) is 0 Å². The van der Waals surface area contributed by atoms with Crippen LogP contribution in [0.4, 0.5) is 5.69 Å². The summed E-state index contributed by atoms with van der Waals surface area (Å²) >= 11 is 4.47. The molecule has 0 aliphatic heterocycles. The van der Waals surface area contributed by atoms with Crippen LogP contribution in [0.15, 0.2) is 63.3 Å². The van der Waals surface area contributed by atoms with Crippen LogP contribution in [0.2, 0.25) is 0 Å². The third-order valence-corrected chi connectivity index (χ3v) is 6.21. The first-order valence-electron chi connectivity index (χ1n) is 7.21. The lowest BCUT2D eigenvalue weighted by atomic mass is 10.0. The number of amides is 1. The Morgan fingerprint density at radius 1 is 1.04 bits per heavy atom. The molecule has 0 unspecified atom stereocenters. The zero-order chi connectivity index (χ0) is 16.8. The van der Waals surface area contributed by atoms with Crippen LogP contribution in [0.25, 0.3) is 11.1 Å². The highest BCUT2D eigenvalue weighted by Crippen LogP contribution is 2.29. The van der Waals surface area contributed by atoms with E-state index >= 15 is 0 Å². The molecule has 3 rings (SSSR count). The maximum Gasteiger partial charge on any atom is 0.234 e. The van der Waals surface area contributed by atoms with Crippen LogP contribution in [0, 0.1) is 0 Å². The van der Waals surface area contributed by atoms with Gasteiger partial charge in [0.2, 0.25) is 5.91 Å². The smallest absolute Gasteiger partial charge is 0.234 e. The van der Waals surface area contributed by atoms with Crippen LogP contribution >= 0.6 is 34.9 Å². The Kier molecular flexibility index (Phi) is 5.90. The fourth-order valence-corrected chi connectivity index (χ4v) is 4.35. The van der Waals surface area contributed by atoms with Crippen molar-refractivity contribution in [1.82, 2.24) is 10.2 Å². The van der Waals surface area contributed by atoms with Crippen LogP contribution in [0.5, 0.6) is 0 Å². The fourth-order valence-electron chi connectivity index (χ4n) is 2.11. The van der Waals surface area contributed by atoms with Crippen molar-refractivity contribution >= 4 is 46.5 Å². The Bertz CT molecular complexity index is 821. The molecule has 3 aromatic rings. The Labute approximate surface area is 153 Å². The largest absolute Gasteiger partial charge is 0.325 e. The van der Waals surface area contributed by atoms with Crippen molar-refractivity contribution in [2.45, 2.75) is 8.68 Å². The van der Waals surface area contributed by atoms with E-state index in [0.717, 1.165) is 25.5 Å². The molecule has 2 aromatic carbocycles. The molecule has 1 N–H and O–H groups in total. The lowest BCUT2D eigenvalue weighted by Crippen LogP contribution is -2.14. The van der Waals surface area contributed by atoms with Gasteiger partial charge in [0.05, 0.1) is 5.75 Å².